The van der Waals surface area contributed by atoms with Crippen molar-refractivity contribution in [2.75, 3.05) is 45.0 Å². The molecular formula is C15H27N5O3S. The van der Waals surface area contributed by atoms with E-state index in [-0.39, 0.29) is 11.7 Å². The van der Waals surface area contributed by atoms with E-state index >= 15 is 0 Å². The van der Waals surface area contributed by atoms with Gasteiger partial charge in [-0.2, -0.15) is 9.40 Å². The van der Waals surface area contributed by atoms with Crippen LogP contribution >= 0.6 is 0 Å². The van der Waals surface area contributed by atoms with E-state index < -0.39 is 10.0 Å². The van der Waals surface area contributed by atoms with Crippen LogP contribution in [0, 0.1) is 6.92 Å². The Morgan fingerprint density at radius 3 is 2.50 bits per heavy atom. The van der Waals surface area contributed by atoms with Crippen LogP contribution < -0.4 is 5.32 Å². The van der Waals surface area contributed by atoms with Crippen molar-refractivity contribution in [1.82, 2.24) is 24.3 Å². The summed E-state index contributed by atoms with van der Waals surface area (Å²) >= 11 is 0. The first-order chi connectivity index (χ1) is 11.3. The van der Waals surface area contributed by atoms with Crippen LogP contribution in [-0.4, -0.2) is 78.3 Å². The molecule has 1 aliphatic heterocycles. The highest BCUT2D eigenvalue weighted by Gasteiger charge is 2.25. The van der Waals surface area contributed by atoms with E-state index in [1.54, 1.807) is 22.1 Å². The van der Waals surface area contributed by atoms with Gasteiger partial charge in [-0.25, -0.2) is 8.42 Å². The Hall–Kier alpha value is -1.45. The van der Waals surface area contributed by atoms with Crippen LogP contribution in [0.2, 0.25) is 0 Å². The molecule has 1 saturated heterocycles. The first-order valence-corrected chi connectivity index (χ1v) is 9.93. The normalized spacial score (nSPS) is 17.1. The summed E-state index contributed by atoms with van der Waals surface area (Å²) in [6.45, 7) is 7.44. The van der Waals surface area contributed by atoms with E-state index in [2.05, 4.69) is 15.3 Å². The molecule has 0 aliphatic carbocycles. The minimum atomic E-state index is -3.10. The van der Waals surface area contributed by atoms with Gasteiger partial charge in [0.1, 0.15) is 5.69 Å². The number of hydrogen-bond acceptors (Lipinski definition) is 5. The predicted molar refractivity (Wildman–Crippen MR) is 92.4 cm³/mol. The van der Waals surface area contributed by atoms with E-state index in [9.17, 15) is 13.2 Å². The molecule has 0 saturated carbocycles. The smallest absolute Gasteiger partial charge is 0.271 e. The molecule has 0 bridgehead atoms. The van der Waals surface area contributed by atoms with Gasteiger partial charge in [0.25, 0.3) is 5.91 Å². The number of nitrogens with one attached hydrogen (secondary N) is 1. The van der Waals surface area contributed by atoms with Crippen LogP contribution in [0.4, 0.5) is 0 Å². The van der Waals surface area contributed by atoms with Gasteiger partial charge in [-0.05, 0) is 19.4 Å². The maximum absolute atomic E-state index is 12.0. The summed E-state index contributed by atoms with van der Waals surface area (Å²) in [4.78, 5) is 14.2. The van der Waals surface area contributed by atoms with Crippen LogP contribution in [0.1, 0.15) is 29.5 Å². The van der Waals surface area contributed by atoms with E-state index in [1.165, 1.54) is 0 Å². The molecule has 24 heavy (non-hydrogen) atoms. The predicted octanol–water partition coefficient (Wildman–Crippen LogP) is -0.184. The van der Waals surface area contributed by atoms with Crippen molar-refractivity contribution in [2.45, 2.75) is 20.3 Å². The molecule has 1 N–H and O–H groups in total. The van der Waals surface area contributed by atoms with Gasteiger partial charge in [0.15, 0.2) is 0 Å². The lowest BCUT2D eigenvalue weighted by atomic mass is 10.3. The van der Waals surface area contributed by atoms with Crippen LogP contribution in [0.25, 0.3) is 0 Å². The largest absolute Gasteiger partial charge is 0.349 e. The molecule has 1 aromatic heterocycles. The lowest BCUT2D eigenvalue weighted by Crippen LogP contribution is -2.50. The SMILES string of the molecule is CCCS(=O)(=O)N1CCN(CCNC(=O)c2cc(C)n(C)n2)CC1. The third-order valence-corrected chi connectivity index (χ3v) is 6.32. The van der Waals surface area contributed by atoms with Crippen molar-refractivity contribution in [3.05, 3.63) is 17.5 Å². The molecule has 0 atom stereocenters. The zero-order valence-corrected chi connectivity index (χ0v) is 15.5. The Kier molecular flexibility index (Phi) is 6.36. The number of rotatable bonds is 7. The fraction of sp³-hybridized carbons (Fsp3) is 0.733. The lowest BCUT2D eigenvalue weighted by molar-refractivity contribution is 0.0939. The Morgan fingerprint density at radius 2 is 1.96 bits per heavy atom. The second-order valence-electron chi connectivity index (χ2n) is 6.11. The molecule has 8 nitrogen and oxygen atoms in total. The Bertz CT molecular complexity index is 643. The highest BCUT2D eigenvalue weighted by Crippen LogP contribution is 2.08. The fourth-order valence-electron chi connectivity index (χ4n) is 2.71. The lowest BCUT2D eigenvalue weighted by Gasteiger charge is -2.33. The number of piperazine rings is 1. The van der Waals surface area contributed by atoms with E-state index in [0.717, 1.165) is 5.69 Å². The zero-order chi connectivity index (χ0) is 17.7. The van der Waals surface area contributed by atoms with Gasteiger partial charge < -0.3 is 5.32 Å². The molecule has 1 fully saturated rings. The molecule has 1 amide bonds. The van der Waals surface area contributed by atoms with Gasteiger partial charge in [-0.1, -0.05) is 6.92 Å². The third kappa shape index (κ3) is 4.78. The molecule has 0 unspecified atom stereocenters. The van der Waals surface area contributed by atoms with Gasteiger partial charge in [0, 0.05) is 52.0 Å². The summed E-state index contributed by atoms with van der Waals surface area (Å²) in [5, 5.41) is 7.01. The van der Waals surface area contributed by atoms with Crippen LogP contribution in [0.15, 0.2) is 6.07 Å². The summed E-state index contributed by atoms with van der Waals surface area (Å²) in [7, 11) is -1.30. The third-order valence-electron chi connectivity index (χ3n) is 4.25. The van der Waals surface area contributed by atoms with Crippen molar-refractivity contribution < 1.29 is 13.2 Å². The minimum Gasteiger partial charge on any atom is -0.349 e. The number of carbonyl (C=O) groups excluding carboxylic acids is 1. The van der Waals surface area contributed by atoms with Crippen LogP contribution in [-0.2, 0) is 17.1 Å². The standard InChI is InChI=1S/C15H27N5O3S/c1-4-11-24(22,23)20-9-7-19(8-10-20)6-5-16-15(21)14-12-13(2)18(3)17-14/h12H,4-11H2,1-3H3,(H,16,21). The summed E-state index contributed by atoms with van der Waals surface area (Å²) in [6, 6.07) is 1.76. The highest BCUT2D eigenvalue weighted by atomic mass is 32.2. The Morgan fingerprint density at radius 1 is 1.29 bits per heavy atom. The van der Waals surface area contributed by atoms with Crippen molar-refractivity contribution in [1.29, 1.82) is 0 Å². The van der Waals surface area contributed by atoms with Crippen LogP contribution in [0.3, 0.4) is 0 Å². The number of sulfonamides is 1. The number of aromatic nitrogens is 2. The molecule has 0 spiro atoms. The molecule has 1 aliphatic rings. The van der Waals surface area contributed by atoms with Gasteiger partial charge in [-0.15, -0.1) is 0 Å². The second kappa shape index (κ2) is 8.09. The van der Waals surface area contributed by atoms with E-state index in [1.807, 2.05) is 13.8 Å². The first-order valence-electron chi connectivity index (χ1n) is 8.32. The fourth-order valence-corrected chi connectivity index (χ4v) is 4.20. The van der Waals surface area contributed by atoms with Crippen molar-refractivity contribution in [3.63, 3.8) is 0 Å². The molecule has 0 aromatic carbocycles. The van der Waals surface area contributed by atoms with E-state index in [0.29, 0.717) is 51.4 Å². The highest BCUT2D eigenvalue weighted by molar-refractivity contribution is 7.89. The number of carbonyl (C=O) groups is 1. The molecule has 2 rings (SSSR count). The quantitative estimate of drug-likeness (QED) is 0.731. The summed E-state index contributed by atoms with van der Waals surface area (Å²) in [6.07, 6.45) is 0.640. The average Bonchev–Trinajstić information content (AvgIpc) is 2.87. The number of aryl methyl sites for hydroxylation is 2. The first kappa shape index (κ1) is 18.9. The van der Waals surface area contributed by atoms with Gasteiger partial charge in [-0.3, -0.25) is 14.4 Å². The molecule has 1 aromatic rings. The molecule has 9 heteroatoms. The molecule has 136 valence electrons. The Labute approximate surface area is 143 Å². The molecule has 0 radical (unpaired) electrons. The maximum atomic E-state index is 12.0. The van der Waals surface area contributed by atoms with E-state index in [4.69, 9.17) is 0 Å². The van der Waals surface area contributed by atoms with Crippen molar-refractivity contribution in [3.8, 4) is 0 Å². The van der Waals surface area contributed by atoms with Crippen molar-refractivity contribution in [2.24, 2.45) is 7.05 Å². The van der Waals surface area contributed by atoms with Gasteiger partial charge >= 0.3 is 0 Å². The summed E-state index contributed by atoms with van der Waals surface area (Å²) in [5.74, 6) is 0.0369. The Balaban J connectivity index is 1.72. The number of nitrogens with zero attached hydrogens (tertiary/aromatic N) is 4. The maximum Gasteiger partial charge on any atom is 0.271 e. The topological polar surface area (TPSA) is 87.5 Å². The van der Waals surface area contributed by atoms with Crippen LogP contribution in [0.5, 0.6) is 0 Å². The molecule has 2 heterocycles. The van der Waals surface area contributed by atoms with Gasteiger partial charge in [0.05, 0.1) is 5.75 Å². The van der Waals surface area contributed by atoms with Gasteiger partial charge in [0.2, 0.25) is 10.0 Å². The molecular weight excluding hydrogens is 330 g/mol. The minimum absolute atomic E-state index is 0.178. The average molecular weight is 357 g/mol. The number of hydrogen-bond donors (Lipinski definition) is 1. The monoisotopic (exact) mass is 357 g/mol. The zero-order valence-electron chi connectivity index (χ0n) is 14.7. The second-order valence-corrected chi connectivity index (χ2v) is 8.20. The summed E-state index contributed by atoms with van der Waals surface area (Å²) < 4.78 is 27.3. The van der Waals surface area contributed by atoms with Crippen molar-refractivity contribution >= 4 is 15.9 Å². The summed E-state index contributed by atoms with van der Waals surface area (Å²) in [5.41, 5.74) is 1.36. The number of amides is 1.